The van der Waals surface area contributed by atoms with Crippen molar-refractivity contribution in [3.05, 3.63) is 38.0 Å². The highest BCUT2D eigenvalue weighted by Gasteiger charge is 1.86. The van der Waals surface area contributed by atoms with E-state index in [9.17, 15) is 4.79 Å². The normalized spacial score (nSPS) is 7.47. The standard InChI is InChI=1S/C7H13N.C3H4O2.CH3Cl/c1-4-6-8(3)7-5-2;1-2-3(4)5;1-2/h4-5H,1-2,6-7H2,3H3;2H,1H2,(H,4,5);1H3. The highest BCUT2D eigenvalue weighted by molar-refractivity contribution is 6.15. The number of hydrogen-bond donors (Lipinski definition) is 1. The predicted octanol–water partition coefficient (Wildman–Crippen LogP) is 2.40. The SMILES string of the molecule is C=CC(=O)O.C=CCN(C)CC=C.CCl. The number of alkyl halides is 1. The first-order valence-corrected chi connectivity index (χ1v) is 4.97. The number of likely N-dealkylation sites (N-methyl/N-ethyl adjacent to an activating group) is 1. The molecule has 0 spiro atoms. The van der Waals surface area contributed by atoms with Crippen LogP contribution in [-0.2, 0) is 4.79 Å². The molecular formula is C11H20ClNO2. The van der Waals surface area contributed by atoms with Gasteiger partial charge in [-0.1, -0.05) is 18.7 Å². The van der Waals surface area contributed by atoms with Crippen LogP contribution in [0.5, 0.6) is 0 Å². The van der Waals surface area contributed by atoms with Gasteiger partial charge in [0, 0.05) is 25.5 Å². The summed E-state index contributed by atoms with van der Waals surface area (Å²) in [5.41, 5.74) is 0. The van der Waals surface area contributed by atoms with Crippen molar-refractivity contribution < 1.29 is 9.90 Å². The number of carboxylic acid groups (broad SMARTS) is 1. The number of halogens is 1. The molecule has 0 fully saturated rings. The van der Waals surface area contributed by atoms with E-state index in [1.807, 2.05) is 19.2 Å². The molecule has 0 aliphatic heterocycles. The van der Waals surface area contributed by atoms with Crippen LogP contribution in [0.15, 0.2) is 38.0 Å². The third-order valence-electron chi connectivity index (χ3n) is 1.06. The first-order chi connectivity index (χ1) is 7.08. The quantitative estimate of drug-likeness (QED) is 0.450. The molecule has 0 saturated heterocycles. The van der Waals surface area contributed by atoms with E-state index in [1.54, 1.807) is 0 Å². The summed E-state index contributed by atoms with van der Waals surface area (Å²) in [6.45, 7) is 12.0. The van der Waals surface area contributed by atoms with Crippen molar-refractivity contribution in [3.63, 3.8) is 0 Å². The molecule has 4 heteroatoms. The van der Waals surface area contributed by atoms with Gasteiger partial charge in [-0.3, -0.25) is 4.90 Å². The van der Waals surface area contributed by atoms with Crippen LogP contribution in [0.25, 0.3) is 0 Å². The molecule has 3 nitrogen and oxygen atoms in total. The summed E-state index contributed by atoms with van der Waals surface area (Å²) in [4.78, 5) is 11.4. The Kier molecular flexibility index (Phi) is 24.3. The van der Waals surface area contributed by atoms with E-state index in [4.69, 9.17) is 5.11 Å². The molecule has 15 heavy (non-hydrogen) atoms. The maximum Gasteiger partial charge on any atom is 0.327 e. The first kappa shape index (κ1) is 19.5. The molecule has 88 valence electrons. The van der Waals surface area contributed by atoms with Crippen molar-refractivity contribution in [3.8, 4) is 0 Å². The van der Waals surface area contributed by atoms with E-state index < -0.39 is 5.97 Å². The number of nitrogens with zero attached hydrogens (tertiary/aromatic N) is 1. The molecule has 0 aromatic heterocycles. The van der Waals surface area contributed by atoms with Crippen molar-refractivity contribution in [2.75, 3.05) is 26.5 Å². The molecular weight excluding hydrogens is 214 g/mol. The van der Waals surface area contributed by atoms with Crippen molar-refractivity contribution in [1.82, 2.24) is 4.90 Å². The zero-order chi connectivity index (χ0) is 12.7. The number of hydrogen-bond acceptors (Lipinski definition) is 2. The lowest BCUT2D eigenvalue weighted by Crippen LogP contribution is -2.17. The second-order valence-electron chi connectivity index (χ2n) is 2.34. The Hall–Kier alpha value is -1.06. The predicted molar refractivity (Wildman–Crippen MR) is 67.5 cm³/mol. The van der Waals surface area contributed by atoms with Crippen molar-refractivity contribution in [2.45, 2.75) is 0 Å². The average Bonchev–Trinajstić information content (AvgIpc) is 2.22. The molecule has 0 radical (unpaired) electrons. The Balaban J connectivity index is -0.000000177. The Labute approximate surface area is 97.4 Å². The van der Waals surface area contributed by atoms with Gasteiger partial charge in [-0.25, -0.2) is 4.79 Å². The molecule has 0 aromatic rings. The largest absolute Gasteiger partial charge is 0.478 e. The van der Waals surface area contributed by atoms with Gasteiger partial charge in [-0.05, 0) is 7.05 Å². The Bertz CT molecular complexity index is 171. The van der Waals surface area contributed by atoms with Gasteiger partial charge >= 0.3 is 5.97 Å². The molecule has 0 aliphatic rings. The molecule has 0 atom stereocenters. The molecule has 0 rings (SSSR count). The van der Waals surface area contributed by atoms with Crippen LogP contribution < -0.4 is 0 Å². The van der Waals surface area contributed by atoms with Gasteiger partial charge in [0.15, 0.2) is 0 Å². The fourth-order valence-corrected chi connectivity index (χ4v) is 0.515. The molecule has 0 heterocycles. The zero-order valence-electron chi connectivity index (χ0n) is 9.45. The Morgan fingerprint density at radius 2 is 1.53 bits per heavy atom. The smallest absolute Gasteiger partial charge is 0.327 e. The first-order valence-electron chi connectivity index (χ1n) is 4.22. The van der Waals surface area contributed by atoms with Crippen LogP contribution in [0.3, 0.4) is 0 Å². The zero-order valence-corrected chi connectivity index (χ0v) is 10.2. The summed E-state index contributed by atoms with van der Waals surface area (Å²) in [5, 5.41) is 7.60. The molecule has 0 aromatic carbocycles. The Morgan fingerprint density at radius 3 is 1.67 bits per heavy atom. The summed E-state index contributed by atoms with van der Waals surface area (Å²) in [6, 6.07) is 0. The van der Waals surface area contributed by atoms with E-state index in [2.05, 4.69) is 36.2 Å². The lowest BCUT2D eigenvalue weighted by molar-refractivity contribution is -0.131. The fourth-order valence-electron chi connectivity index (χ4n) is 0.515. The van der Waals surface area contributed by atoms with Crippen molar-refractivity contribution >= 4 is 17.6 Å². The highest BCUT2D eigenvalue weighted by atomic mass is 35.5. The molecule has 0 unspecified atom stereocenters. The van der Waals surface area contributed by atoms with Gasteiger partial charge in [0.05, 0.1) is 0 Å². The summed E-state index contributed by atoms with van der Waals surface area (Å²) < 4.78 is 0. The third-order valence-corrected chi connectivity index (χ3v) is 1.06. The minimum absolute atomic E-state index is 0.833. The summed E-state index contributed by atoms with van der Waals surface area (Å²) in [7, 11) is 2.03. The molecule has 0 amide bonds. The van der Waals surface area contributed by atoms with E-state index >= 15 is 0 Å². The second-order valence-corrected chi connectivity index (χ2v) is 2.34. The maximum absolute atomic E-state index is 9.25. The molecule has 0 saturated carbocycles. The number of carbonyl (C=O) groups is 1. The van der Waals surface area contributed by atoms with Gasteiger partial charge in [-0.2, -0.15) is 0 Å². The van der Waals surface area contributed by atoms with Crippen LogP contribution in [0.1, 0.15) is 0 Å². The number of rotatable bonds is 5. The number of aliphatic carboxylic acids is 1. The van der Waals surface area contributed by atoms with E-state index in [0.717, 1.165) is 19.2 Å². The molecule has 1 N–H and O–H groups in total. The third kappa shape index (κ3) is 32.2. The maximum atomic E-state index is 9.25. The summed E-state index contributed by atoms with van der Waals surface area (Å²) >= 11 is 4.64. The lowest BCUT2D eigenvalue weighted by Gasteiger charge is -2.09. The van der Waals surface area contributed by atoms with Crippen LogP contribution in [0.4, 0.5) is 0 Å². The van der Waals surface area contributed by atoms with E-state index in [-0.39, 0.29) is 0 Å². The molecule has 0 aliphatic carbocycles. The Morgan fingerprint density at radius 1 is 1.27 bits per heavy atom. The monoisotopic (exact) mass is 233 g/mol. The van der Waals surface area contributed by atoms with Gasteiger partial charge in [0.1, 0.15) is 0 Å². The lowest BCUT2D eigenvalue weighted by atomic mass is 10.5. The minimum atomic E-state index is -0.981. The fraction of sp³-hybridized carbons (Fsp3) is 0.364. The highest BCUT2D eigenvalue weighted by Crippen LogP contribution is 1.80. The van der Waals surface area contributed by atoms with Crippen LogP contribution in [0.2, 0.25) is 0 Å². The summed E-state index contributed by atoms with van der Waals surface area (Å²) in [5.74, 6) is -0.981. The van der Waals surface area contributed by atoms with Crippen LogP contribution >= 0.6 is 11.6 Å². The minimum Gasteiger partial charge on any atom is -0.478 e. The topological polar surface area (TPSA) is 40.5 Å². The van der Waals surface area contributed by atoms with E-state index in [0.29, 0.717) is 0 Å². The van der Waals surface area contributed by atoms with Crippen LogP contribution in [-0.4, -0.2) is 42.5 Å². The average molecular weight is 234 g/mol. The van der Waals surface area contributed by atoms with Crippen molar-refractivity contribution in [2.24, 2.45) is 0 Å². The number of carboxylic acids is 1. The van der Waals surface area contributed by atoms with Crippen molar-refractivity contribution in [1.29, 1.82) is 0 Å². The second kappa shape index (κ2) is 18.7. The van der Waals surface area contributed by atoms with E-state index in [1.165, 1.54) is 6.38 Å². The van der Waals surface area contributed by atoms with Gasteiger partial charge in [0.25, 0.3) is 0 Å². The van der Waals surface area contributed by atoms with Gasteiger partial charge in [0.2, 0.25) is 0 Å². The summed E-state index contributed by atoms with van der Waals surface area (Å²) in [6.07, 6.45) is 6.06. The van der Waals surface area contributed by atoms with Crippen LogP contribution in [0, 0.1) is 0 Å². The van der Waals surface area contributed by atoms with Gasteiger partial charge < -0.3 is 5.11 Å². The van der Waals surface area contributed by atoms with Gasteiger partial charge in [-0.15, -0.1) is 24.8 Å². The molecule has 0 bridgehead atoms.